The zero-order chi connectivity index (χ0) is 23.0. The van der Waals surface area contributed by atoms with Gasteiger partial charge in [0.05, 0.1) is 22.8 Å². The fraction of sp³-hybridized carbons (Fsp3) is 0.435. The number of fused-ring (bicyclic) bond motifs is 1. The van der Waals surface area contributed by atoms with E-state index in [1.165, 1.54) is 16.4 Å². The van der Waals surface area contributed by atoms with Crippen LogP contribution in [-0.2, 0) is 21.2 Å². The standard InChI is InChI=1S/C23H26Cl2N2O4S/c1-15-8-9-20(31-2)21-17(15)5-4-12-27(21)23(28)16-10-13-26(14-11-16)32(29,30)22-18(24)6-3-7-19(22)25/h3,6-9,16H,4-5,10-14H2,1-2H3. The first-order valence-electron chi connectivity index (χ1n) is 10.7. The van der Waals surface area contributed by atoms with E-state index in [1.54, 1.807) is 13.2 Å². The molecule has 6 nitrogen and oxygen atoms in total. The Balaban J connectivity index is 1.53. The molecule has 0 aromatic heterocycles. The fourth-order valence-electron chi connectivity index (χ4n) is 4.66. The van der Waals surface area contributed by atoms with Gasteiger partial charge in [-0.3, -0.25) is 4.79 Å². The molecule has 1 fully saturated rings. The van der Waals surface area contributed by atoms with E-state index in [9.17, 15) is 13.2 Å². The van der Waals surface area contributed by atoms with E-state index < -0.39 is 10.0 Å². The first kappa shape index (κ1) is 23.4. The largest absolute Gasteiger partial charge is 0.495 e. The van der Waals surface area contributed by atoms with Gasteiger partial charge in [0, 0.05) is 25.6 Å². The lowest BCUT2D eigenvalue weighted by atomic mass is 9.92. The molecule has 4 rings (SSSR count). The molecule has 0 atom stereocenters. The summed E-state index contributed by atoms with van der Waals surface area (Å²) in [5.74, 6) is 0.481. The number of carbonyl (C=O) groups excluding carboxylic acids is 1. The van der Waals surface area contributed by atoms with E-state index in [1.807, 2.05) is 17.0 Å². The van der Waals surface area contributed by atoms with Crippen LogP contribution < -0.4 is 9.64 Å². The second kappa shape index (κ2) is 9.21. The third-order valence-corrected chi connectivity index (χ3v) is 9.22. The van der Waals surface area contributed by atoms with Gasteiger partial charge in [0.2, 0.25) is 15.9 Å². The maximum atomic E-state index is 13.5. The van der Waals surface area contributed by atoms with Crippen molar-refractivity contribution in [2.45, 2.75) is 37.5 Å². The van der Waals surface area contributed by atoms with Crippen LogP contribution in [0.1, 0.15) is 30.4 Å². The zero-order valence-electron chi connectivity index (χ0n) is 18.1. The molecule has 0 N–H and O–H groups in total. The predicted molar refractivity (Wildman–Crippen MR) is 126 cm³/mol. The second-order valence-electron chi connectivity index (χ2n) is 8.23. The van der Waals surface area contributed by atoms with Gasteiger partial charge in [0.25, 0.3) is 0 Å². The predicted octanol–water partition coefficient (Wildman–Crippen LogP) is 4.69. The number of benzene rings is 2. The summed E-state index contributed by atoms with van der Waals surface area (Å²) in [7, 11) is -2.22. The molecule has 0 radical (unpaired) electrons. The van der Waals surface area contributed by atoms with Crippen LogP contribution >= 0.6 is 23.2 Å². The minimum atomic E-state index is -3.84. The molecule has 1 saturated heterocycles. The molecule has 2 aromatic carbocycles. The maximum Gasteiger partial charge on any atom is 0.246 e. The summed E-state index contributed by atoms with van der Waals surface area (Å²) in [6.45, 7) is 3.17. The molecule has 9 heteroatoms. The van der Waals surface area contributed by atoms with E-state index in [0.717, 1.165) is 29.7 Å². The van der Waals surface area contributed by atoms with Crippen molar-refractivity contribution in [1.29, 1.82) is 0 Å². The number of hydrogen-bond donors (Lipinski definition) is 0. The van der Waals surface area contributed by atoms with Crippen LogP contribution in [0.2, 0.25) is 10.0 Å². The summed E-state index contributed by atoms with van der Waals surface area (Å²) in [5, 5.41) is 0.200. The molecule has 0 spiro atoms. The molecule has 172 valence electrons. The highest BCUT2D eigenvalue weighted by molar-refractivity contribution is 7.89. The molecule has 0 saturated carbocycles. The lowest BCUT2D eigenvalue weighted by Gasteiger charge is -2.37. The second-order valence-corrected chi connectivity index (χ2v) is 10.9. The molecule has 2 aromatic rings. The van der Waals surface area contributed by atoms with Crippen molar-refractivity contribution in [2.75, 3.05) is 31.6 Å². The number of anilines is 1. The summed E-state index contributed by atoms with van der Waals surface area (Å²) in [6, 6.07) is 8.57. The highest BCUT2D eigenvalue weighted by Crippen LogP contribution is 2.40. The van der Waals surface area contributed by atoms with Crippen molar-refractivity contribution in [3.05, 3.63) is 51.5 Å². The number of aryl methyl sites for hydroxylation is 1. The lowest BCUT2D eigenvalue weighted by Crippen LogP contribution is -2.46. The average Bonchev–Trinajstić information content (AvgIpc) is 2.78. The number of methoxy groups -OCH3 is 1. The summed E-state index contributed by atoms with van der Waals surface area (Å²) in [5.41, 5.74) is 3.16. The minimum absolute atomic E-state index is 0.0303. The van der Waals surface area contributed by atoms with E-state index in [4.69, 9.17) is 27.9 Å². The summed E-state index contributed by atoms with van der Waals surface area (Å²) in [4.78, 5) is 15.3. The number of piperidine rings is 1. The van der Waals surface area contributed by atoms with Crippen molar-refractivity contribution < 1.29 is 17.9 Å². The van der Waals surface area contributed by atoms with Crippen molar-refractivity contribution in [3.63, 3.8) is 0 Å². The lowest BCUT2D eigenvalue weighted by molar-refractivity contribution is -0.123. The van der Waals surface area contributed by atoms with Gasteiger partial charge in [0.1, 0.15) is 10.6 Å². The van der Waals surface area contributed by atoms with E-state index >= 15 is 0 Å². The number of carbonyl (C=O) groups is 1. The molecule has 1 amide bonds. The number of rotatable bonds is 4. The highest BCUT2D eigenvalue weighted by Gasteiger charge is 2.37. The fourth-order valence-corrected chi connectivity index (χ4v) is 7.22. The van der Waals surface area contributed by atoms with Crippen molar-refractivity contribution >= 4 is 44.8 Å². The highest BCUT2D eigenvalue weighted by atomic mass is 35.5. The topological polar surface area (TPSA) is 66.9 Å². The number of amides is 1. The van der Waals surface area contributed by atoms with E-state index in [0.29, 0.717) is 25.1 Å². The first-order chi connectivity index (χ1) is 15.3. The average molecular weight is 497 g/mol. The summed E-state index contributed by atoms with van der Waals surface area (Å²) in [6.07, 6.45) is 2.70. The number of nitrogens with zero attached hydrogens (tertiary/aromatic N) is 2. The van der Waals surface area contributed by atoms with Crippen LogP contribution in [0.3, 0.4) is 0 Å². The molecule has 0 bridgehead atoms. The van der Waals surface area contributed by atoms with Gasteiger partial charge in [-0.25, -0.2) is 8.42 Å². The molecule has 2 aliphatic heterocycles. The van der Waals surface area contributed by atoms with Crippen LogP contribution in [0, 0.1) is 12.8 Å². The molecule has 2 heterocycles. The van der Waals surface area contributed by atoms with Crippen molar-refractivity contribution in [3.8, 4) is 5.75 Å². The minimum Gasteiger partial charge on any atom is -0.495 e. The van der Waals surface area contributed by atoms with Crippen LogP contribution in [0.15, 0.2) is 35.2 Å². The van der Waals surface area contributed by atoms with Gasteiger partial charge in [-0.15, -0.1) is 0 Å². The molecule has 0 unspecified atom stereocenters. The molecule has 0 aliphatic carbocycles. The molecule has 2 aliphatic rings. The smallest absolute Gasteiger partial charge is 0.246 e. The Labute approximate surface area is 199 Å². The Hall–Kier alpha value is -1.80. The van der Waals surface area contributed by atoms with Gasteiger partial charge in [-0.05, 0) is 61.9 Å². The van der Waals surface area contributed by atoms with Gasteiger partial charge in [0.15, 0.2) is 0 Å². The number of sulfonamides is 1. The first-order valence-corrected chi connectivity index (χ1v) is 12.9. The third-order valence-electron chi connectivity index (χ3n) is 6.36. The third kappa shape index (κ3) is 4.12. The Kier molecular flexibility index (Phi) is 6.73. The maximum absolute atomic E-state index is 13.5. The Bertz CT molecular complexity index is 1120. The van der Waals surface area contributed by atoms with Crippen LogP contribution in [0.25, 0.3) is 0 Å². The van der Waals surface area contributed by atoms with Crippen molar-refractivity contribution in [1.82, 2.24) is 4.31 Å². The quantitative estimate of drug-likeness (QED) is 0.615. The Morgan fingerprint density at radius 2 is 1.72 bits per heavy atom. The Morgan fingerprint density at radius 1 is 1.06 bits per heavy atom. The number of hydrogen-bond acceptors (Lipinski definition) is 4. The monoisotopic (exact) mass is 496 g/mol. The van der Waals surface area contributed by atoms with Gasteiger partial charge >= 0.3 is 0 Å². The van der Waals surface area contributed by atoms with Crippen LogP contribution in [-0.4, -0.2) is 45.4 Å². The number of ether oxygens (including phenoxy) is 1. The zero-order valence-corrected chi connectivity index (χ0v) is 20.4. The molecule has 32 heavy (non-hydrogen) atoms. The summed E-state index contributed by atoms with van der Waals surface area (Å²) < 4.78 is 33.2. The van der Waals surface area contributed by atoms with Gasteiger partial charge in [-0.2, -0.15) is 4.31 Å². The summed E-state index contributed by atoms with van der Waals surface area (Å²) >= 11 is 12.3. The normalized spacial score (nSPS) is 17.8. The van der Waals surface area contributed by atoms with Crippen LogP contribution in [0.5, 0.6) is 5.75 Å². The van der Waals surface area contributed by atoms with Crippen LogP contribution in [0.4, 0.5) is 5.69 Å². The molecular formula is C23H26Cl2N2O4S. The van der Waals surface area contributed by atoms with E-state index in [-0.39, 0.29) is 39.9 Å². The van der Waals surface area contributed by atoms with Crippen molar-refractivity contribution in [2.24, 2.45) is 5.92 Å². The number of halogens is 2. The Morgan fingerprint density at radius 3 is 2.34 bits per heavy atom. The molecular weight excluding hydrogens is 471 g/mol. The van der Waals surface area contributed by atoms with Gasteiger partial charge < -0.3 is 9.64 Å². The van der Waals surface area contributed by atoms with E-state index in [2.05, 4.69) is 6.92 Å². The SMILES string of the molecule is COc1ccc(C)c2c1N(C(=O)C1CCN(S(=O)(=O)c3c(Cl)cccc3Cl)CC1)CCC2. The van der Waals surface area contributed by atoms with Gasteiger partial charge in [-0.1, -0.05) is 35.3 Å².